The normalized spacial score (nSPS) is 32.0. The van der Waals surface area contributed by atoms with Gasteiger partial charge in [0.2, 0.25) is 0 Å². The van der Waals surface area contributed by atoms with Crippen LogP contribution in [0.5, 0.6) is 0 Å². The molecule has 90 valence electrons. The highest BCUT2D eigenvalue weighted by molar-refractivity contribution is 4.84. The largest absolute Gasteiger partial charge is 0.0625 e. The molecular weight excluding hydrogens is 180 g/mol. The topological polar surface area (TPSA) is 0 Å². The van der Waals surface area contributed by atoms with Crippen molar-refractivity contribution in [2.75, 3.05) is 0 Å². The molecule has 1 rings (SSSR count). The van der Waals surface area contributed by atoms with Gasteiger partial charge < -0.3 is 0 Å². The summed E-state index contributed by atoms with van der Waals surface area (Å²) in [5, 5.41) is 0. The molecule has 0 bridgehead atoms. The first-order valence-electron chi connectivity index (χ1n) is 6.83. The van der Waals surface area contributed by atoms with Crippen LogP contribution >= 0.6 is 0 Å². The Hall–Kier alpha value is 0. The SMILES string of the molecule is CC(C)C1CCC(C)(C)CCC1C(C)C. The van der Waals surface area contributed by atoms with Crippen molar-refractivity contribution in [3.8, 4) is 0 Å². The molecule has 1 aliphatic carbocycles. The van der Waals surface area contributed by atoms with E-state index in [9.17, 15) is 0 Å². The lowest BCUT2D eigenvalue weighted by molar-refractivity contribution is 0.184. The lowest BCUT2D eigenvalue weighted by Gasteiger charge is -2.31. The van der Waals surface area contributed by atoms with Gasteiger partial charge in [-0.05, 0) is 54.8 Å². The second-order valence-corrected chi connectivity index (χ2v) is 7.06. The van der Waals surface area contributed by atoms with Crippen molar-refractivity contribution in [3.05, 3.63) is 0 Å². The first-order valence-corrected chi connectivity index (χ1v) is 6.83. The van der Waals surface area contributed by atoms with Gasteiger partial charge in [-0.15, -0.1) is 0 Å². The van der Waals surface area contributed by atoms with Crippen LogP contribution in [0.25, 0.3) is 0 Å². The van der Waals surface area contributed by atoms with E-state index in [2.05, 4.69) is 41.5 Å². The lowest BCUT2D eigenvalue weighted by atomic mass is 9.74. The number of rotatable bonds is 2. The zero-order valence-electron chi connectivity index (χ0n) is 11.6. The van der Waals surface area contributed by atoms with Crippen LogP contribution in [0.15, 0.2) is 0 Å². The van der Waals surface area contributed by atoms with E-state index in [1.165, 1.54) is 25.7 Å². The van der Waals surface area contributed by atoms with Gasteiger partial charge in [-0.3, -0.25) is 0 Å². The maximum absolute atomic E-state index is 2.45. The van der Waals surface area contributed by atoms with Crippen molar-refractivity contribution >= 4 is 0 Å². The highest BCUT2D eigenvalue weighted by Gasteiger charge is 2.33. The average Bonchev–Trinajstić information content (AvgIpc) is 2.23. The van der Waals surface area contributed by atoms with E-state index in [1.54, 1.807) is 0 Å². The summed E-state index contributed by atoms with van der Waals surface area (Å²) >= 11 is 0. The number of hydrogen-bond donors (Lipinski definition) is 0. The Morgan fingerprint density at radius 2 is 1.13 bits per heavy atom. The molecule has 1 aliphatic rings. The van der Waals surface area contributed by atoms with Crippen LogP contribution in [0.3, 0.4) is 0 Å². The predicted molar refractivity (Wildman–Crippen MR) is 68.9 cm³/mol. The van der Waals surface area contributed by atoms with Crippen molar-refractivity contribution in [2.45, 2.75) is 67.2 Å². The standard InChI is InChI=1S/C15H30/c1-11(2)13-7-9-15(5,6)10-8-14(13)12(3)4/h11-14H,7-10H2,1-6H3. The van der Waals surface area contributed by atoms with Crippen LogP contribution in [-0.2, 0) is 0 Å². The van der Waals surface area contributed by atoms with Crippen LogP contribution in [-0.4, -0.2) is 0 Å². The van der Waals surface area contributed by atoms with Gasteiger partial charge in [-0.25, -0.2) is 0 Å². The molecule has 0 amide bonds. The molecule has 15 heavy (non-hydrogen) atoms. The van der Waals surface area contributed by atoms with Crippen LogP contribution in [0, 0.1) is 29.1 Å². The summed E-state index contributed by atoms with van der Waals surface area (Å²) in [6.45, 7) is 14.6. The van der Waals surface area contributed by atoms with Gasteiger partial charge in [-0.1, -0.05) is 41.5 Å². The van der Waals surface area contributed by atoms with E-state index in [0.717, 1.165) is 23.7 Å². The Labute approximate surface area is 96.8 Å². The van der Waals surface area contributed by atoms with Gasteiger partial charge in [-0.2, -0.15) is 0 Å². The third-order valence-corrected chi connectivity index (χ3v) is 4.57. The minimum absolute atomic E-state index is 0.594. The van der Waals surface area contributed by atoms with E-state index in [4.69, 9.17) is 0 Å². The summed E-state index contributed by atoms with van der Waals surface area (Å²) in [6.07, 6.45) is 5.76. The second-order valence-electron chi connectivity index (χ2n) is 7.06. The molecule has 0 aromatic carbocycles. The summed E-state index contributed by atoms with van der Waals surface area (Å²) < 4.78 is 0. The monoisotopic (exact) mass is 210 g/mol. The molecule has 0 aliphatic heterocycles. The third-order valence-electron chi connectivity index (χ3n) is 4.57. The summed E-state index contributed by atoms with van der Waals surface area (Å²) in [5.74, 6) is 3.66. The number of hydrogen-bond acceptors (Lipinski definition) is 0. The zero-order valence-corrected chi connectivity index (χ0v) is 11.6. The third kappa shape index (κ3) is 3.50. The molecule has 1 fully saturated rings. The van der Waals surface area contributed by atoms with E-state index < -0.39 is 0 Å². The van der Waals surface area contributed by atoms with Crippen LogP contribution in [0.1, 0.15) is 67.2 Å². The molecule has 0 N–H and O–H groups in total. The van der Waals surface area contributed by atoms with Gasteiger partial charge in [0.05, 0.1) is 0 Å². The van der Waals surface area contributed by atoms with Gasteiger partial charge in [0.25, 0.3) is 0 Å². The first-order chi connectivity index (χ1) is 6.83. The molecule has 1 saturated carbocycles. The van der Waals surface area contributed by atoms with Gasteiger partial charge in [0.1, 0.15) is 0 Å². The molecule has 0 radical (unpaired) electrons. The van der Waals surface area contributed by atoms with Crippen molar-refractivity contribution in [2.24, 2.45) is 29.1 Å². The predicted octanol–water partition coefficient (Wildman–Crippen LogP) is 5.13. The van der Waals surface area contributed by atoms with Gasteiger partial charge in [0, 0.05) is 0 Å². The lowest BCUT2D eigenvalue weighted by Crippen LogP contribution is -2.23. The van der Waals surface area contributed by atoms with Crippen molar-refractivity contribution in [1.82, 2.24) is 0 Å². The Morgan fingerprint density at radius 1 is 0.800 bits per heavy atom. The van der Waals surface area contributed by atoms with Crippen molar-refractivity contribution in [3.63, 3.8) is 0 Å². The molecule has 0 saturated heterocycles. The smallest absolute Gasteiger partial charge is 0.0354 e. The van der Waals surface area contributed by atoms with Crippen LogP contribution < -0.4 is 0 Å². The summed E-state index contributed by atoms with van der Waals surface area (Å²) in [7, 11) is 0. The summed E-state index contributed by atoms with van der Waals surface area (Å²) in [6, 6.07) is 0. The maximum Gasteiger partial charge on any atom is -0.0354 e. The molecule has 0 nitrogen and oxygen atoms in total. The Morgan fingerprint density at radius 3 is 1.40 bits per heavy atom. The van der Waals surface area contributed by atoms with Crippen LogP contribution in [0.4, 0.5) is 0 Å². The average molecular weight is 210 g/mol. The molecular formula is C15H30. The fraction of sp³-hybridized carbons (Fsp3) is 1.00. The summed E-state index contributed by atoms with van der Waals surface area (Å²) in [4.78, 5) is 0. The van der Waals surface area contributed by atoms with E-state index in [-0.39, 0.29) is 0 Å². The maximum atomic E-state index is 2.45. The van der Waals surface area contributed by atoms with E-state index >= 15 is 0 Å². The zero-order chi connectivity index (χ0) is 11.6. The highest BCUT2D eigenvalue weighted by Crippen LogP contribution is 2.44. The van der Waals surface area contributed by atoms with Crippen LogP contribution in [0.2, 0.25) is 0 Å². The van der Waals surface area contributed by atoms with E-state index in [0.29, 0.717) is 5.41 Å². The second kappa shape index (κ2) is 4.89. The highest BCUT2D eigenvalue weighted by atomic mass is 14.4. The molecule has 0 heterocycles. The Bertz CT molecular complexity index is 168. The summed E-state index contributed by atoms with van der Waals surface area (Å²) in [5.41, 5.74) is 0.594. The van der Waals surface area contributed by atoms with E-state index in [1.807, 2.05) is 0 Å². The van der Waals surface area contributed by atoms with Gasteiger partial charge in [0.15, 0.2) is 0 Å². The fourth-order valence-electron chi connectivity index (χ4n) is 3.32. The molecule has 2 atom stereocenters. The Kier molecular flexibility index (Phi) is 4.26. The minimum atomic E-state index is 0.594. The Balaban J connectivity index is 2.74. The first kappa shape index (κ1) is 13.1. The molecule has 0 spiro atoms. The van der Waals surface area contributed by atoms with Crippen molar-refractivity contribution in [1.29, 1.82) is 0 Å². The van der Waals surface area contributed by atoms with Gasteiger partial charge >= 0.3 is 0 Å². The minimum Gasteiger partial charge on any atom is -0.0625 e. The molecule has 0 heteroatoms. The fourth-order valence-corrected chi connectivity index (χ4v) is 3.32. The molecule has 2 unspecified atom stereocenters. The van der Waals surface area contributed by atoms with Crippen molar-refractivity contribution < 1.29 is 0 Å². The molecule has 0 aromatic rings. The molecule has 0 aromatic heterocycles. The quantitative estimate of drug-likeness (QED) is 0.554.